The minimum atomic E-state index is -0.370. The number of phenols is 1. The van der Waals surface area contributed by atoms with E-state index in [-0.39, 0.29) is 40.6 Å². The Bertz CT molecular complexity index is 910. The molecule has 1 amide bonds. The zero-order valence-electron chi connectivity index (χ0n) is 15.1. The summed E-state index contributed by atoms with van der Waals surface area (Å²) in [7, 11) is 0. The van der Waals surface area contributed by atoms with Gasteiger partial charge in [0.05, 0.1) is 16.6 Å². The van der Waals surface area contributed by atoms with Gasteiger partial charge in [-0.25, -0.2) is 0 Å². The zero-order chi connectivity index (χ0) is 19.0. The number of carbonyl (C=O) groups excluding carboxylic acids is 1. The third kappa shape index (κ3) is 3.50. The highest BCUT2D eigenvalue weighted by molar-refractivity contribution is 6.32. The van der Waals surface area contributed by atoms with Crippen molar-refractivity contribution >= 4 is 23.3 Å². The fourth-order valence-electron chi connectivity index (χ4n) is 4.38. The Kier molecular flexibility index (Phi) is 5.00. The fraction of sp³-hybridized carbons (Fsp3) is 0.500. The van der Waals surface area contributed by atoms with Gasteiger partial charge in [-0.05, 0) is 30.5 Å². The van der Waals surface area contributed by atoms with Gasteiger partial charge in [-0.2, -0.15) is 0 Å². The summed E-state index contributed by atoms with van der Waals surface area (Å²) in [5.74, 6) is 0.0959. The number of nitrogens with one attached hydrogen (secondary N) is 2. The molecule has 2 aromatic rings. The molecule has 4 rings (SSSR count). The largest absolute Gasteiger partial charge is 0.506 e. The third-order valence-corrected chi connectivity index (χ3v) is 6.08. The van der Waals surface area contributed by atoms with E-state index in [4.69, 9.17) is 11.6 Å². The van der Waals surface area contributed by atoms with E-state index in [0.717, 1.165) is 31.2 Å². The number of H-pyrrole nitrogens is 1. The smallest absolute Gasteiger partial charge is 0.270 e. The maximum Gasteiger partial charge on any atom is 0.270 e. The number of carbonyl (C=O) groups is 1. The molecule has 1 aliphatic carbocycles. The predicted molar refractivity (Wildman–Crippen MR) is 105 cm³/mol. The second kappa shape index (κ2) is 7.43. The molecule has 7 heteroatoms. The molecular weight excluding hydrogens is 366 g/mol. The first-order valence-corrected chi connectivity index (χ1v) is 10.0. The Labute approximate surface area is 162 Å². The molecule has 6 nitrogen and oxygen atoms in total. The van der Waals surface area contributed by atoms with Gasteiger partial charge in [0.1, 0.15) is 11.6 Å². The maximum absolute atomic E-state index is 12.8. The van der Waals surface area contributed by atoms with Crippen LogP contribution in [0.15, 0.2) is 23.0 Å². The second-order valence-corrected chi connectivity index (χ2v) is 8.00. The standard InChI is InChI=1S/C20H24ClN3O3/c21-15-10-12(8-9-16(15)25)14-11-17(26)22-19-18(14)20(27)23-24(19)13-6-4-2-1-3-5-7-13/h8-10,13-14,25H,1-7,11H2,(H,22,26)(H,23,27)/t14-/m0/s1. The molecule has 0 saturated heterocycles. The van der Waals surface area contributed by atoms with Crippen LogP contribution < -0.4 is 10.9 Å². The maximum atomic E-state index is 12.8. The molecular formula is C20H24ClN3O3. The van der Waals surface area contributed by atoms with Crippen molar-refractivity contribution in [3.8, 4) is 5.75 Å². The van der Waals surface area contributed by atoms with Crippen LogP contribution in [0.25, 0.3) is 0 Å². The van der Waals surface area contributed by atoms with Crippen LogP contribution in [0.5, 0.6) is 5.75 Å². The highest BCUT2D eigenvalue weighted by atomic mass is 35.5. The quantitative estimate of drug-likeness (QED) is 0.715. The summed E-state index contributed by atoms with van der Waals surface area (Å²) in [6.07, 6.45) is 8.15. The number of amides is 1. The minimum Gasteiger partial charge on any atom is -0.506 e. The molecule has 144 valence electrons. The number of aromatic hydroxyl groups is 1. The van der Waals surface area contributed by atoms with Crippen molar-refractivity contribution in [1.29, 1.82) is 0 Å². The number of rotatable bonds is 2. The topological polar surface area (TPSA) is 87.1 Å². The van der Waals surface area contributed by atoms with E-state index in [1.54, 1.807) is 12.1 Å². The molecule has 3 N–H and O–H groups in total. The van der Waals surface area contributed by atoms with Gasteiger partial charge in [0, 0.05) is 12.3 Å². The molecule has 0 radical (unpaired) electrons. The Balaban J connectivity index is 1.76. The minimum absolute atomic E-state index is 0.0121. The summed E-state index contributed by atoms with van der Waals surface area (Å²) in [6.45, 7) is 0. The van der Waals surface area contributed by atoms with Crippen LogP contribution in [0.2, 0.25) is 5.02 Å². The van der Waals surface area contributed by atoms with Crippen molar-refractivity contribution in [2.45, 2.75) is 63.3 Å². The summed E-state index contributed by atoms with van der Waals surface area (Å²) in [6, 6.07) is 5.06. The highest BCUT2D eigenvalue weighted by Gasteiger charge is 2.34. The van der Waals surface area contributed by atoms with Gasteiger partial charge >= 0.3 is 0 Å². The molecule has 1 aromatic carbocycles. The Morgan fingerprint density at radius 2 is 1.78 bits per heavy atom. The SMILES string of the molecule is O=C1C[C@@H](c2ccc(O)c(Cl)c2)c2c(n(C3CCCCCCC3)[nH]c2=O)N1. The third-order valence-electron chi connectivity index (χ3n) is 5.77. The van der Waals surface area contributed by atoms with Crippen LogP contribution in [-0.2, 0) is 4.79 Å². The first-order chi connectivity index (χ1) is 13.0. The van der Waals surface area contributed by atoms with E-state index >= 15 is 0 Å². The van der Waals surface area contributed by atoms with Crippen molar-refractivity contribution in [2.24, 2.45) is 0 Å². The number of hydrogen-bond acceptors (Lipinski definition) is 3. The Morgan fingerprint density at radius 3 is 2.48 bits per heavy atom. The lowest BCUT2D eigenvalue weighted by Gasteiger charge is -2.27. The summed E-state index contributed by atoms with van der Waals surface area (Å²) in [4.78, 5) is 25.2. The van der Waals surface area contributed by atoms with E-state index in [1.807, 2.05) is 4.68 Å². The molecule has 0 unspecified atom stereocenters. The van der Waals surface area contributed by atoms with Crippen molar-refractivity contribution in [1.82, 2.24) is 9.78 Å². The number of phenolic OH excluding ortho intramolecular Hbond substituents is 1. The predicted octanol–water partition coefficient (Wildman–Crippen LogP) is 4.29. The van der Waals surface area contributed by atoms with Crippen molar-refractivity contribution in [2.75, 3.05) is 5.32 Å². The van der Waals surface area contributed by atoms with Gasteiger partial charge in [0.15, 0.2) is 0 Å². The number of aromatic nitrogens is 2. The van der Waals surface area contributed by atoms with Gasteiger partial charge in [0.25, 0.3) is 5.56 Å². The van der Waals surface area contributed by atoms with Gasteiger partial charge in [-0.1, -0.05) is 49.8 Å². The van der Waals surface area contributed by atoms with Crippen LogP contribution >= 0.6 is 11.6 Å². The second-order valence-electron chi connectivity index (χ2n) is 7.59. The summed E-state index contributed by atoms with van der Waals surface area (Å²) in [5.41, 5.74) is 1.18. The molecule has 2 heterocycles. The molecule has 1 atom stereocenters. The number of hydrogen-bond donors (Lipinski definition) is 3. The lowest BCUT2D eigenvalue weighted by atomic mass is 9.87. The molecule has 2 aliphatic rings. The zero-order valence-corrected chi connectivity index (χ0v) is 15.9. The Morgan fingerprint density at radius 1 is 1.07 bits per heavy atom. The van der Waals surface area contributed by atoms with E-state index in [1.165, 1.54) is 25.3 Å². The molecule has 1 aromatic heterocycles. The molecule has 1 saturated carbocycles. The number of fused-ring (bicyclic) bond motifs is 1. The van der Waals surface area contributed by atoms with Crippen molar-refractivity contribution in [3.05, 3.63) is 44.7 Å². The van der Waals surface area contributed by atoms with E-state index < -0.39 is 0 Å². The fourth-order valence-corrected chi connectivity index (χ4v) is 4.56. The number of halogens is 1. The van der Waals surface area contributed by atoms with E-state index in [0.29, 0.717) is 11.4 Å². The van der Waals surface area contributed by atoms with Gasteiger partial charge in [-0.3, -0.25) is 19.4 Å². The van der Waals surface area contributed by atoms with Crippen LogP contribution in [0.3, 0.4) is 0 Å². The lowest BCUT2D eigenvalue weighted by Crippen LogP contribution is -2.27. The highest BCUT2D eigenvalue weighted by Crippen LogP contribution is 2.39. The normalized spacial score (nSPS) is 21.2. The van der Waals surface area contributed by atoms with E-state index in [2.05, 4.69) is 10.4 Å². The molecule has 27 heavy (non-hydrogen) atoms. The van der Waals surface area contributed by atoms with Crippen LogP contribution in [-0.4, -0.2) is 20.8 Å². The summed E-state index contributed by atoms with van der Waals surface area (Å²) in [5, 5.41) is 15.8. The number of aromatic amines is 1. The monoisotopic (exact) mass is 389 g/mol. The average molecular weight is 390 g/mol. The van der Waals surface area contributed by atoms with Gasteiger partial charge in [0.2, 0.25) is 5.91 Å². The number of anilines is 1. The Hall–Kier alpha value is -2.21. The van der Waals surface area contributed by atoms with Crippen LogP contribution in [0.1, 0.15) is 74.5 Å². The van der Waals surface area contributed by atoms with Crippen LogP contribution in [0.4, 0.5) is 5.82 Å². The van der Waals surface area contributed by atoms with E-state index in [9.17, 15) is 14.7 Å². The lowest BCUT2D eigenvalue weighted by molar-refractivity contribution is -0.116. The van der Waals surface area contributed by atoms with Crippen LogP contribution in [0, 0.1) is 0 Å². The number of nitrogens with zero attached hydrogens (tertiary/aromatic N) is 1. The number of benzene rings is 1. The van der Waals surface area contributed by atoms with Crippen molar-refractivity contribution < 1.29 is 9.90 Å². The molecule has 0 bridgehead atoms. The summed E-state index contributed by atoms with van der Waals surface area (Å²) >= 11 is 6.06. The summed E-state index contributed by atoms with van der Waals surface area (Å²) < 4.78 is 1.88. The first-order valence-electron chi connectivity index (χ1n) is 9.67. The van der Waals surface area contributed by atoms with Gasteiger partial charge in [-0.15, -0.1) is 0 Å². The first kappa shape index (κ1) is 18.2. The van der Waals surface area contributed by atoms with Crippen molar-refractivity contribution in [3.63, 3.8) is 0 Å². The average Bonchev–Trinajstić information content (AvgIpc) is 2.93. The molecule has 1 aliphatic heterocycles. The molecule has 1 fully saturated rings. The van der Waals surface area contributed by atoms with Gasteiger partial charge < -0.3 is 10.4 Å². The molecule has 0 spiro atoms.